The first-order valence-electron chi connectivity index (χ1n) is 6.80. The zero-order valence-electron chi connectivity index (χ0n) is 10.9. The number of aliphatic hydroxyl groups excluding tert-OH is 1. The Morgan fingerprint density at radius 3 is 2.89 bits per heavy atom. The molecule has 1 saturated carbocycles. The summed E-state index contributed by atoms with van der Waals surface area (Å²) in [7, 11) is 0. The van der Waals surface area contributed by atoms with Crippen molar-refractivity contribution in [1.82, 2.24) is 4.98 Å². The second kappa shape index (κ2) is 5.35. The van der Waals surface area contributed by atoms with Gasteiger partial charge < -0.3 is 15.7 Å². The van der Waals surface area contributed by atoms with E-state index in [1.165, 1.54) is 25.7 Å². The molecule has 0 unspecified atom stereocenters. The zero-order chi connectivity index (χ0) is 13.2. The van der Waals surface area contributed by atoms with Gasteiger partial charge in [-0.25, -0.2) is 4.98 Å². The van der Waals surface area contributed by atoms with Crippen LogP contribution in [-0.2, 0) is 0 Å². The Kier molecular flexibility index (Phi) is 3.57. The lowest BCUT2D eigenvalue weighted by Crippen LogP contribution is -2.36. The maximum absolute atomic E-state index is 9.33. The maximum atomic E-state index is 9.33. The van der Waals surface area contributed by atoms with Gasteiger partial charge in [-0.15, -0.1) is 11.3 Å². The number of hydrogen-bond acceptors (Lipinski definition) is 5. The number of rotatable bonds is 4. The largest absolute Gasteiger partial charge is 0.395 e. The number of benzene rings is 1. The van der Waals surface area contributed by atoms with E-state index in [9.17, 15) is 5.11 Å². The van der Waals surface area contributed by atoms with Crippen molar-refractivity contribution >= 4 is 32.9 Å². The molecule has 0 radical (unpaired) electrons. The Bertz CT molecular complexity index is 563. The number of anilines is 2. The van der Waals surface area contributed by atoms with E-state index in [4.69, 9.17) is 5.73 Å². The van der Waals surface area contributed by atoms with Crippen molar-refractivity contribution < 1.29 is 5.11 Å². The van der Waals surface area contributed by atoms with Gasteiger partial charge in [0, 0.05) is 12.6 Å². The highest BCUT2D eigenvalue weighted by atomic mass is 32.1. The second-order valence-electron chi connectivity index (χ2n) is 5.05. The summed E-state index contributed by atoms with van der Waals surface area (Å²) in [5.74, 6) is 0. The summed E-state index contributed by atoms with van der Waals surface area (Å²) in [6.45, 7) is 0.801. The molecule has 1 aliphatic carbocycles. The molecule has 0 aliphatic heterocycles. The van der Waals surface area contributed by atoms with Crippen LogP contribution in [-0.4, -0.2) is 29.3 Å². The Labute approximate surface area is 116 Å². The molecule has 5 heteroatoms. The number of aromatic nitrogens is 1. The summed E-state index contributed by atoms with van der Waals surface area (Å²) in [4.78, 5) is 6.62. The first-order valence-corrected chi connectivity index (χ1v) is 7.68. The monoisotopic (exact) mass is 277 g/mol. The Morgan fingerprint density at radius 1 is 1.37 bits per heavy atom. The molecular formula is C14H19N3OS. The van der Waals surface area contributed by atoms with E-state index in [1.807, 2.05) is 5.51 Å². The minimum atomic E-state index is 0.158. The van der Waals surface area contributed by atoms with E-state index in [0.29, 0.717) is 12.6 Å². The number of thiazole rings is 1. The molecule has 3 rings (SSSR count). The smallest absolute Gasteiger partial charge is 0.106 e. The van der Waals surface area contributed by atoms with E-state index < -0.39 is 0 Å². The molecule has 1 fully saturated rings. The first-order chi connectivity index (χ1) is 9.31. The van der Waals surface area contributed by atoms with Crippen LogP contribution < -0.4 is 10.6 Å². The Hall–Kier alpha value is -1.33. The molecule has 1 aromatic carbocycles. The topological polar surface area (TPSA) is 62.4 Å². The van der Waals surface area contributed by atoms with Gasteiger partial charge in [0.25, 0.3) is 0 Å². The zero-order valence-corrected chi connectivity index (χ0v) is 11.7. The van der Waals surface area contributed by atoms with Gasteiger partial charge in [-0.05, 0) is 25.0 Å². The van der Waals surface area contributed by atoms with E-state index >= 15 is 0 Å². The van der Waals surface area contributed by atoms with Crippen LogP contribution in [0.5, 0.6) is 0 Å². The van der Waals surface area contributed by atoms with Gasteiger partial charge in [-0.1, -0.05) is 12.8 Å². The predicted molar refractivity (Wildman–Crippen MR) is 80.7 cm³/mol. The van der Waals surface area contributed by atoms with Gasteiger partial charge in [0.15, 0.2) is 0 Å². The third-order valence-electron chi connectivity index (χ3n) is 3.93. The molecule has 19 heavy (non-hydrogen) atoms. The van der Waals surface area contributed by atoms with Gasteiger partial charge in [0.05, 0.1) is 28.2 Å². The summed E-state index contributed by atoms with van der Waals surface area (Å²) in [6, 6.07) is 4.66. The molecule has 1 heterocycles. The Balaban J connectivity index is 2.00. The lowest BCUT2D eigenvalue weighted by atomic mass is 10.1. The maximum Gasteiger partial charge on any atom is 0.106 e. The average molecular weight is 277 g/mol. The van der Waals surface area contributed by atoms with Crippen LogP contribution in [0.4, 0.5) is 11.4 Å². The van der Waals surface area contributed by atoms with Crippen LogP contribution in [0.2, 0.25) is 0 Å². The van der Waals surface area contributed by atoms with Crippen LogP contribution in [0.15, 0.2) is 17.6 Å². The van der Waals surface area contributed by atoms with E-state index in [-0.39, 0.29) is 6.61 Å². The fraction of sp³-hybridized carbons (Fsp3) is 0.500. The Morgan fingerprint density at radius 2 is 2.16 bits per heavy atom. The number of nitrogens with two attached hydrogens (primary N) is 1. The minimum Gasteiger partial charge on any atom is -0.395 e. The highest BCUT2D eigenvalue weighted by Crippen LogP contribution is 2.36. The molecule has 0 saturated heterocycles. The number of nitrogen functional groups attached to an aromatic ring is 1. The van der Waals surface area contributed by atoms with Crippen molar-refractivity contribution in [1.29, 1.82) is 0 Å². The molecule has 4 nitrogen and oxygen atoms in total. The fourth-order valence-corrected chi connectivity index (χ4v) is 3.71. The molecule has 0 bridgehead atoms. The molecule has 2 aromatic rings. The molecule has 0 amide bonds. The average Bonchev–Trinajstić information content (AvgIpc) is 3.08. The van der Waals surface area contributed by atoms with Gasteiger partial charge in [-0.3, -0.25) is 0 Å². The molecular weight excluding hydrogens is 258 g/mol. The third-order valence-corrected chi connectivity index (χ3v) is 4.73. The quantitative estimate of drug-likeness (QED) is 0.843. The molecule has 3 N–H and O–H groups in total. The number of aliphatic hydroxyl groups is 1. The van der Waals surface area contributed by atoms with Crippen LogP contribution in [0.3, 0.4) is 0 Å². The first kappa shape index (κ1) is 12.7. The summed E-state index contributed by atoms with van der Waals surface area (Å²) >= 11 is 1.61. The highest BCUT2D eigenvalue weighted by Gasteiger charge is 2.24. The molecule has 0 spiro atoms. The van der Waals surface area contributed by atoms with E-state index in [2.05, 4.69) is 22.0 Å². The van der Waals surface area contributed by atoms with Crippen LogP contribution in [0.25, 0.3) is 10.2 Å². The van der Waals surface area contributed by atoms with E-state index in [0.717, 1.165) is 21.6 Å². The predicted octanol–water partition coefficient (Wildman–Crippen LogP) is 2.62. The van der Waals surface area contributed by atoms with Crippen molar-refractivity contribution in [3.63, 3.8) is 0 Å². The van der Waals surface area contributed by atoms with Gasteiger partial charge in [0.2, 0.25) is 0 Å². The third kappa shape index (κ3) is 2.28. The summed E-state index contributed by atoms with van der Waals surface area (Å²) in [6.07, 6.45) is 4.92. The summed E-state index contributed by atoms with van der Waals surface area (Å²) < 4.78 is 1.12. The van der Waals surface area contributed by atoms with Crippen LogP contribution in [0.1, 0.15) is 25.7 Å². The lowest BCUT2D eigenvalue weighted by Gasteiger charge is -2.31. The molecule has 1 aliphatic rings. The molecule has 1 aromatic heterocycles. The lowest BCUT2D eigenvalue weighted by molar-refractivity contribution is 0.297. The van der Waals surface area contributed by atoms with Crippen molar-refractivity contribution in [2.24, 2.45) is 0 Å². The van der Waals surface area contributed by atoms with Crippen LogP contribution >= 0.6 is 11.3 Å². The normalized spacial score (nSPS) is 16.3. The highest BCUT2D eigenvalue weighted by molar-refractivity contribution is 7.16. The number of nitrogens with zero attached hydrogens (tertiary/aromatic N) is 2. The van der Waals surface area contributed by atoms with Crippen molar-refractivity contribution in [2.75, 3.05) is 23.8 Å². The van der Waals surface area contributed by atoms with Gasteiger partial charge in [-0.2, -0.15) is 0 Å². The van der Waals surface area contributed by atoms with Gasteiger partial charge in [0.1, 0.15) is 5.52 Å². The SMILES string of the molecule is Nc1c(N(CCO)C2CCCC2)ccc2scnc12. The summed E-state index contributed by atoms with van der Waals surface area (Å²) in [5.41, 5.74) is 10.8. The van der Waals surface area contributed by atoms with Crippen molar-refractivity contribution in [3.05, 3.63) is 17.6 Å². The second-order valence-corrected chi connectivity index (χ2v) is 5.94. The van der Waals surface area contributed by atoms with Crippen molar-refractivity contribution in [2.45, 2.75) is 31.7 Å². The summed E-state index contributed by atoms with van der Waals surface area (Å²) in [5, 5.41) is 9.33. The van der Waals surface area contributed by atoms with Crippen molar-refractivity contribution in [3.8, 4) is 0 Å². The minimum absolute atomic E-state index is 0.158. The van der Waals surface area contributed by atoms with E-state index in [1.54, 1.807) is 11.3 Å². The molecule has 0 atom stereocenters. The number of hydrogen-bond donors (Lipinski definition) is 2. The number of fused-ring (bicyclic) bond motifs is 1. The standard InChI is InChI=1S/C14H19N3OS/c15-13-11(5-6-12-14(13)16-9-19-12)17(7-8-18)10-3-1-2-4-10/h5-6,9-10,18H,1-4,7-8,15H2. The fourth-order valence-electron chi connectivity index (χ4n) is 3.02. The molecule has 102 valence electrons. The van der Waals surface area contributed by atoms with Crippen LogP contribution in [0, 0.1) is 0 Å². The van der Waals surface area contributed by atoms with Gasteiger partial charge >= 0.3 is 0 Å².